The number of hydrogen-bond donors (Lipinski definition) is 1. The number of nitrogens with two attached hydrogens (primary N) is 1. The van der Waals surface area contributed by atoms with Crippen LogP contribution in [0, 0.1) is 11.7 Å². The van der Waals surface area contributed by atoms with Crippen molar-refractivity contribution < 1.29 is 13.9 Å². The Bertz CT molecular complexity index is 1100. The number of para-hydroxylation sites is 1. The van der Waals surface area contributed by atoms with Gasteiger partial charge in [0.25, 0.3) is 5.19 Å². The molecule has 0 spiro atoms. The summed E-state index contributed by atoms with van der Waals surface area (Å²) in [4.78, 5) is 19.5. The van der Waals surface area contributed by atoms with Gasteiger partial charge in [-0.3, -0.25) is 0 Å². The number of carbonyl (C=O) groups is 1. The molecule has 2 aromatic carbocycles. The molecule has 3 aromatic rings. The normalized spacial score (nSPS) is 18.2. The summed E-state index contributed by atoms with van der Waals surface area (Å²) in [5.74, 6) is 0.407. The number of urea groups is 1. The second kappa shape index (κ2) is 7.04. The van der Waals surface area contributed by atoms with Gasteiger partial charge in [-0.2, -0.15) is 0 Å². The second-order valence-electron chi connectivity index (χ2n) is 7.35. The first-order valence-electron chi connectivity index (χ1n) is 9.36. The smallest absolute Gasteiger partial charge is 0.315 e. The van der Waals surface area contributed by atoms with Crippen LogP contribution in [-0.4, -0.2) is 40.4 Å². The van der Waals surface area contributed by atoms with Crippen LogP contribution in [0.2, 0.25) is 0 Å². The molecule has 2 N–H and O–H groups in total. The van der Waals surface area contributed by atoms with Crippen molar-refractivity contribution >= 4 is 27.6 Å². The van der Waals surface area contributed by atoms with E-state index in [1.54, 1.807) is 17.0 Å². The van der Waals surface area contributed by atoms with Crippen LogP contribution in [0.25, 0.3) is 10.2 Å². The minimum Gasteiger partial charge on any atom is -0.431 e. The standard InChI is InChI=1S/C21H19FN4O2S/c22-17-7-16(28-21-24-18-3-1-2-4-19(18)29-21)6-5-13(17)8-25-9-14-11-26(20(23)27)12-15(14)10-25/h1-7,9,15H,8,10-12H2,(H2,23,27). The number of primary amides is 1. The third-order valence-corrected chi connectivity index (χ3v) is 6.25. The highest BCUT2D eigenvalue weighted by Crippen LogP contribution is 2.33. The molecule has 6 nitrogen and oxygen atoms in total. The molecule has 1 saturated heterocycles. The van der Waals surface area contributed by atoms with Crippen LogP contribution in [0.3, 0.4) is 0 Å². The van der Waals surface area contributed by atoms with Crippen molar-refractivity contribution in [2.75, 3.05) is 19.6 Å². The summed E-state index contributed by atoms with van der Waals surface area (Å²) >= 11 is 1.43. The number of rotatable bonds is 4. The Balaban J connectivity index is 1.26. The Hall–Kier alpha value is -3.13. The van der Waals surface area contributed by atoms with Crippen LogP contribution in [0.4, 0.5) is 9.18 Å². The predicted molar refractivity (Wildman–Crippen MR) is 109 cm³/mol. The van der Waals surface area contributed by atoms with Gasteiger partial charge in [0.15, 0.2) is 0 Å². The van der Waals surface area contributed by atoms with Gasteiger partial charge < -0.3 is 20.3 Å². The lowest BCUT2D eigenvalue weighted by Crippen LogP contribution is -2.35. The van der Waals surface area contributed by atoms with E-state index >= 15 is 0 Å². The molecule has 29 heavy (non-hydrogen) atoms. The van der Waals surface area contributed by atoms with Crippen LogP contribution in [0.1, 0.15) is 5.56 Å². The van der Waals surface area contributed by atoms with Crippen molar-refractivity contribution in [3.05, 3.63) is 65.6 Å². The summed E-state index contributed by atoms with van der Waals surface area (Å²) in [5.41, 5.74) is 8.00. The van der Waals surface area contributed by atoms with Crippen LogP contribution in [-0.2, 0) is 6.54 Å². The largest absolute Gasteiger partial charge is 0.431 e. The number of aromatic nitrogens is 1. The number of hydrogen-bond acceptors (Lipinski definition) is 5. The molecule has 3 heterocycles. The van der Waals surface area contributed by atoms with E-state index in [1.165, 1.54) is 23.0 Å². The van der Waals surface area contributed by atoms with Crippen molar-refractivity contribution in [2.24, 2.45) is 11.7 Å². The number of ether oxygens (including phenoxy) is 1. The molecule has 2 amide bonds. The molecular weight excluding hydrogens is 391 g/mol. The Labute approximate surface area is 171 Å². The van der Waals surface area contributed by atoms with Gasteiger partial charge >= 0.3 is 6.03 Å². The van der Waals surface area contributed by atoms with E-state index in [-0.39, 0.29) is 17.8 Å². The average Bonchev–Trinajstić information content (AvgIpc) is 3.36. The molecule has 148 valence electrons. The number of thiazole rings is 1. The molecule has 5 rings (SSSR count). The van der Waals surface area contributed by atoms with E-state index in [4.69, 9.17) is 10.5 Å². The van der Waals surface area contributed by atoms with Crippen LogP contribution in [0.5, 0.6) is 10.9 Å². The molecule has 0 bridgehead atoms. The van der Waals surface area contributed by atoms with Gasteiger partial charge in [0, 0.05) is 49.9 Å². The van der Waals surface area contributed by atoms with Gasteiger partial charge in [0.05, 0.1) is 10.2 Å². The average molecular weight is 410 g/mol. The topological polar surface area (TPSA) is 71.7 Å². The number of fused-ring (bicyclic) bond motifs is 2. The molecule has 2 aliphatic heterocycles. The van der Waals surface area contributed by atoms with E-state index in [2.05, 4.69) is 9.88 Å². The highest BCUT2D eigenvalue weighted by Gasteiger charge is 2.34. The zero-order chi connectivity index (χ0) is 20.0. The molecule has 1 unspecified atom stereocenters. The minimum absolute atomic E-state index is 0.284. The zero-order valence-corrected chi connectivity index (χ0v) is 16.4. The monoisotopic (exact) mass is 410 g/mol. The summed E-state index contributed by atoms with van der Waals surface area (Å²) in [6.07, 6.45) is 2.03. The molecular formula is C21H19FN4O2S. The van der Waals surface area contributed by atoms with Crippen LogP contribution >= 0.6 is 11.3 Å². The summed E-state index contributed by atoms with van der Waals surface area (Å²) in [5, 5.41) is 0.495. The summed E-state index contributed by atoms with van der Waals surface area (Å²) < 4.78 is 21.4. The second-order valence-corrected chi connectivity index (χ2v) is 8.35. The first-order valence-corrected chi connectivity index (χ1v) is 10.2. The van der Waals surface area contributed by atoms with Crippen molar-refractivity contribution in [3.63, 3.8) is 0 Å². The molecule has 1 aromatic heterocycles. The maximum absolute atomic E-state index is 14.7. The van der Waals surface area contributed by atoms with Gasteiger partial charge in [-0.1, -0.05) is 29.5 Å². The number of amides is 2. The fourth-order valence-electron chi connectivity index (χ4n) is 3.90. The Morgan fingerprint density at radius 3 is 2.90 bits per heavy atom. The quantitative estimate of drug-likeness (QED) is 0.707. The minimum atomic E-state index is -0.387. The highest BCUT2D eigenvalue weighted by atomic mass is 32.1. The Kier molecular flexibility index (Phi) is 4.35. The van der Waals surface area contributed by atoms with E-state index < -0.39 is 0 Å². The van der Waals surface area contributed by atoms with E-state index in [0.29, 0.717) is 36.1 Å². The van der Waals surface area contributed by atoms with E-state index in [9.17, 15) is 9.18 Å². The number of halogens is 1. The maximum Gasteiger partial charge on any atom is 0.315 e. The SMILES string of the molecule is NC(=O)N1CC2=CN(Cc3ccc(Oc4nc5ccccc5s4)cc3F)CC2C1. The number of likely N-dealkylation sites (tertiary alicyclic amines) is 1. The predicted octanol–water partition coefficient (Wildman–Crippen LogP) is 3.94. The summed E-state index contributed by atoms with van der Waals surface area (Å²) in [7, 11) is 0. The maximum atomic E-state index is 14.7. The van der Waals surface area contributed by atoms with Crippen molar-refractivity contribution in [2.45, 2.75) is 6.54 Å². The van der Waals surface area contributed by atoms with Gasteiger partial charge in [-0.15, -0.1) is 0 Å². The molecule has 2 aliphatic rings. The van der Waals surface area contributed by atoms with Crippen LogP contribution in [0.15, 0.2) is 54.2 Å². The lowest BCUT2D eigenvalue weighted by Gasteiger charge is -2.20. The fraction of sp³-hybridized carbons (Fsp3) is 0.238. The lowest BCUT2D eigenvalue weighted by atomic mass is 10.1. The van der Waals surface area contributed by atoms with Gasteiger partial charge in [0.2, 0.25) is 0 Å². The van der Waals surface area contributed by atoms with Gasteiger partial charge in [0.1, 0.15) is 11.6 Å². The number of carbonyl (C=O) groups excluding carboxylic acids is 1. The van der Waals surface area contributed by atoms with Crippen molar-refractivity contribution in [3.8, 4) is 10.9 Å². The first-order chi connectivity index (χ1) is 14.0. The highest BCUT2D eigenvalue weighted by molar-refractivity contribution is 7.20. The van der Waals surface area contributed by atoms with Crippen molar-refractivity contribution in [1.82, 2.24) is 14.8 Å². The van der Waals surface area contributed by atoms with E-state index in [0.717, 1.165) is 16.8 Å². The number of benzene rings is 2. The molecule has 1 atom stereocenters. The van der Waals surface area contributed by atoms with Crippen LogP contribution < -0.4 is 10.5 Å². The third kappa shape index (κ3) is 3.51. The lowest BCUT2D eigenvalue weighted by molar-refractivity contribution is 0.214. The van der Waals surface area contributed by atoms with E-state index in [1.807, 2.05) is 30.5 Å². The zero-order valence-electron chi connectivity index (χ0n) is 15.5. The molecule has 1 fully saturated rings. The molecule has 0 radical (unpaired) electrons. The Morgan fingerprint density at radius 2 is 2.14 bits per heavy atom. The number of nitrogens with zero attached hydrogens (tertiary/aromatic N) is 3. The summed E-state index contributed by atoms with van der Waals surface area (Å²) in [6, 6.07) is 12.3. The third-order valence-electron chi connectivity index (χ3n) is 5.33. The van der Waals surface area contributed by atoms with Gasteiger partial charge in [-0.05, 0) is 23.8 Å². The molecule has 0 aliphatic carbocycles. The fourth-order valence-corrected chi connectivity index (χ4v) is 4.74. The van der Waals surface area contributed by atoms with Gasteiger partial charge in [-0.25, -0.2) is 14.2 Å². The summed E-state index contributed by atoms with van der Waals surface area (Å²) in [6.45, 7) is 2.44. The Morgan fingerprint density at radius 1 is 1.28 bits per heavy atom. The molecule has 8 heteroatoms. The first kappa shape index (κ1) is 17.9. The molecule has 0 saturated carbocycles. The van der Waals surface area contributed by atoms with Crippen molar-refractivity contribution in [1.29, 1.82) is 0 Å².